The molecular formula is H6O10P2S+2. The molecule has 0 radical (unpaired) electrons. The van der Waals surface area contributed by atoms with E-state index < -0.39 is 26.9 Å². The molecule has 0 aliphatic rings. The number of rotatable bonds is 0. The molecule has 0 aromatic carbocycles. The van der Waals surface area contributed by atoms with Gasteiger partial charge in [0, 0.05) is 9.13 Å². The molecule has 0 bridgehead atoms. The Balaban J connectivity index is -0.000000117. The molecule has 0 amide bonds. The Morgan fingerprint density at radius 1 is 0.769 bits per heavy atom. The minimum Gasteiger partial charge on any atom is -0.264 e. The molecule has 0 fully saturated rings. The first kappa shape index (κ1) is 18.6. The number of hydrogen-bond acceptors (Lipinski definition) is 4. The maximum absolute atomic E-state index is 8.74. The van der Waals surface area contributed by atoms with Crippen LogP contribution >= 0.6 is 16.5 Å². The molecule has 0 aromatic rings. The molecule has 80 valence electrons. The van der Waals surface area contributed by atoms with E-state index in [0.29, 0.717) is 0 Å². The van der Waals surface area contributed by atoms with E-state index in [1.54, 1.807) is 0 Å². The average Bonchev–Trinajstić information content (AvgIpc) is 1.50. The lowest BCUT2D eigenvalue weighted by molar-refractivity contribution is 0.380. The van der Waals surface area contributed by atoms with Gasteiger partial charge in [-0.1, -0.05) is 0 Å². The topological polar surface area (TPSA) is 190 Å². The largest absolute Gasteiger partial charge is 0.692 e. The summed E-state index contributed by atoms with van der Waals surface area (Å²) in [4.78, 5) is 28.5. The fraction of sp³-hybridized carbons (Fsp3) is 0. The normalized spacial score (nSPS) is 8.46. The average molecular weight is 260 g/mol. The third-order valence-corrected chi connectivity index (χ3v) is 0. The first-order valence-corrected chi connectivity index (χ1v) is 5.59. The van der Waals surface area contributed by atoms with Crippen molar-refractivity contribution in [1.29, 1.82) is 0 Å². The third kappa shape index (κ3) is 144000. The highest BCUT2D eigenvalue weighted by Crippen LogP contribution is 1.98. The molecule has 0 spiro atoms. The van der Waals surface area contributed by atoms with Crippen LogP contribution in [0.15, 0.2) is 0 Å². The Labute approximate surface area is 74.0 Å². The van der Waals surface area contributed by atoms with Crippen molar-refractivity contribution in [3.8, 4) is 0 Å². The van der Waals surface area contributed by atoms with Crippen molar-refractivity contribution in [2.75, 3.05) is 0 Å². The summed E-state index contributed by atoms with van der Waals surface area (Å²) in [5.74, 6) is 0. The monoisotopic (exact) mass is 260 g/mol. The SMILES string of the molecule is O=S(=O)(O)O.O=[P+](O)O.O=[P+](O)O. The van der Waals surface area contributed by atoms with Gasteiger partial charge in [-0.2, -0.15) is 8.42 Å². The molecule has 0 saturated carbocycles. The molecule has 0 aliphatic carbocycles. The molecule has 13 heteroatoms. The van der Waals surface area contributed by atoms with Crippen LogP contribution in [0, 0.1) is 0 Å². The van der Waals surface area contributed by atoms with Gasteiger partial charge in [0.1, 0.15) is 0 Å². The summed E-state index contributed by atoms with van der Waals surface area (Å²) in [6.45, 7) is 0. The smallest absolute Gasteiger partial charge is 0.264 e. The molecule has 0 unspecified atom stereocenters. The zero-order valence-electron chi connectivity index (χ0n) is 5.62. The minimum atomic E-state index is -4.67. The van der Waals surface area contributed by atoms with Gasteiger partial charge in [0.05, 0.1) is 0 Å². The third-order valence-electron chi connectivity index (χ3n) is 0. The van der Waals surface area contributed by atoms with E-state index in [0.717, 1.165) is 0 Å². The van der Waals surface area contributed by atoms with Crippen LogP contribution in [0.1, 0.15) is 0 Å². The molecule has 0 saturated heterocycles. The van der Waals surface area contributed by atoms with Crippen molar-refractivity contribution in [2.24, 2.45) is 0 Å². The van der Waals surface area contributed by atoms with Crippen molar-refractivity contribution in [3.63, 3.8) is 0 Å². The second-order valence-corrected chi connectivity index (χ2v) is 2.86. The molecular weight excluding hydrogens is 254 g/mol. The van der Waals surface area contributed by atoms with Crippen LogP contribution < -0.4 is 0 Å². The summed E-state index contributed by atoms with van der Waals surface area (Å²) in [5, 5.41) is 0. The molecule has 6 N–H and O–H groups in total. The molecule has 0 aliphatic heterocycles. The molecule has 0 atom stereocenters. The van der Waals surface area contributed by atoms with E-state index >= 15 is 0 Å². The van der Waals surface area contributed by atoms with Gasteiger partial charge >= 0.3 is 26.9 Å². The summed E-state index contributed by atoms with van der Waals surface area (Å²) in [6, 6.07) is 0. The van der Waals surface area contributed by atoms with Crippen molar-refractivity contribution in [1.82, 2.24) is 0 Å². The lowest BCUT2D eigenvalue weighted by Crippen LogP contribution is -1.89. The number of hydrogen-bond donors (Lipinski definition) is 6. The van der Waals surface area contributed by atoms with Crippen molar-refractivity contribution >= 4 is 26.9 Å². The highest BCUT2D eigenvalue weighted by atomic mass is 32.3. The quantitative estimate of drug-likeness (QED) is 0.223. The lowest BCUT2D eigenvalue weighted by Gasteiger charge is -1.68. The molecule has 0 rings (SSSR count). The van der Waals surface area contributed by atoms with Crippen molar-refractivity contribution in [3.05, 3.63) is 0 Å². The lowest BCUT2D eigenvalue weighted by atomic mass is 15.8. The van der Waals surface area contributed by atoms with Crippen LogP contribution in [0.3, 0.4) is 0 Å². The zero-order valence-corrected chi connectivity index (χ0v) is 8.22. The maximum atomic E-state index is 8.74. The highest BCUT2D eigenvalue weighted by molar-refractivity contribution is 7.79. The second-order valence-electron chi connectivity index (χ2n) is 0.953. The van der Waals surface area contributed by atoms with E-state index in [1.807, 2.05) is 0 Å². The first-order valence-electron chi connectivity index (χ1n) is 1.86. The van der Waals surface area contributed by atoms with E-state index in [1.165, 1.54) is 0 Å². The molecule has 0 heterocycles. The predicted octanol–water partition coefficient (Wildman–Crippen LogP) is -1.40. The van der Waals surface area contributed by atoms with Crippen molar-refractivity contribution < 1.29 is 46.2 Å². The summed E-state index contributed by atoms with van der Waals surface area (Å²) in [7, 11) is -10.4. The van der Waals surface area contributed by atoms with Crippen LogP contribution in [0.2, 0.25) is 0 Å². The van der Waals surface area contributed by atoms with Crippen LogP contribution in [-0.4, -0.2) is 37.1 Å². The zero-order chi connectivity index (χ0) is 11.7. The van der Waals surface area contributed by atoms with Gasteiger partial charge in [-0.3, -0.25) is 9.11 Å². The van der Waals surface area contributed by atoms with Gasteiger partial charge in [0.2, 0.25) is 0 Å². The molecule has 10 nitrogen and oxygen atoms in total. The fourth-order valence-electron chi connectivity index (χ4n) is 0. The molecule has 0 aromatic heterocycles. The summed E-state index contributed by atoms with van der Waals surface area (Å²) < 4.78 is 49.0. The van der Waals surface area contributed by atoms with Gasteiger partial charge in [-0.15, -0.1) is 19.6 Å². The standard InChI is InChI=1S/H2O4S.2HO3P/c1-5(2,3)4;2*1-4(2)3/h(H2,1,2,3,4);2*(H-,1,2,3)/p+2. The first-order chi connectivity index (χ1) is 5.46. The van der Waals surface area contributed by atoms with Crippen LogP contribution in [0.25, 0.3) is 0 Å². The Bertz CT molecular complexity index is 208. The summed E-state index contributed by atoms with van der Waals surface area (Å²) in [6.07, 6.45) is 0. The second kappa shape index (κ2) is 9.99. The Morgan fingerprint density at radius 3 is 0.769 bits per heavy atom. The highest BCUT2D eigenvalue weighted by Gasteiger charge is 1.93. The van der Waals surface area contributed by atoms with Gasteiger partial charge in [-0.25, -0.2) is 0 Å². The Hall–Kier alpha value is -0.0900. The maximum Gasteiger partial charge on any atom is 0.692 e. The van der Waals surface area contributed by atoms with E-state index in [-0.39, 0.29) is 0 Å². The van der Waals surface area contributed by atoms with Gasteiger partial charge in [0.15, 0.2) is 0 Å². The van der Waals surface area contributed by atoms with Crippen molar-refractivity contribution in [2.45, 2.75) is 0 Å². The van der Waals surface area contributed by atoms with E-state index in [9.17, 15) is 0 Å². The summed E-state index contributed by atoms with van der Waals surface area (Å²) >= 11 is 0. The fourth-order valence-corrected chi connectivity index (χ4v) is 0. The van der Waals surface area contributed by atoms with Crippen LogP contribution in [-0.2, 0) is 19.5 Å². The van der Waals surface area contributed by atoms with Gasteiger partial charge in [0.25, 0.3) is 0 Å². The summed E-state index contributed by atoms with van der Waals surface area (Å²) in [5.41, 5.74) is 0. The predicted molar refractivity (Wildman–Crippen MR) is 38.3 cm³/mol. The minimum absolute atomic E-state index is 2.87. The van der Waals surface area contributed by atoms with Crippen LogP contribution in [0.4, 0.5) is 0 Å². The van der Waals surface area contributed by atoms with E-state index in [4.69, 9.17) is 46.2 Å². The molecule has 13 heavy (non-hydrogen) atoms. The van der Waals surface area contributed by atoms with Crippen LogP contribution in [0.5, 0.6) is 0 Å². The van der Waals surface area contributed by atoms with E-state index in [2.05, 4.69) is 0 Å². The Kier molecular flexibility index (Phi) is 14.3. The Morgan fingerprint density at radius 2 is 0.769 bits per heavy atom. The van der Waals surface area contributed by atoms with Gasteiger partial charge < -0.3 is 0 Å². The van der Waals surface area contributed by atoms with Gasteiger partial charge in [-0.05, 0) is 0 Å².